The first kappa shape index (κ1) is 17.1. The minimum atomic E-state index is -0.479. The largest absolute Gasteiger partial charge is 0.449 e. The Morgan fingerprint density at radius 3 is 2.55 bits per heavy atom. The van der Waals surface area contributed by atoms with Crippen molar-refractivity contribution in [1.82, 2.24) is 4.90 Å². The van der Waals surface area contributed by atoms with Crippen molar-refractivity contribution >= 4 is 23.7 Å². The minimum Gasteiger partial charge on any atom is -0.449 e. The Balaban J connectivity index is 2.43. The summed E-state index contributed by atoms with van der Waals surface area (Å²) in [7, 11) is 0. The van der Waals surface area contributed by atoms with Crippen LogP contribution in [0.1, 0.15) is 46.5 Å². The van der Waals surface area contributed by atoms with Gasteiger partial charge in [-0.3, -0.25) is 4.79 Å². The van der Waals surface area contributed by atoms with E-state index >= 15 is 0 Å². The first-order valence-electron chi connectivity index (χ1n) is 7.01. The number of carbonyl (C=O) groups excluding carboxylic acids is 2. The Bertz CT molecular complexity index is 341. The number of halogens is 1. The predicted molar refractivity (Wildman–Crippen MR) is 76.6 cm³/mol. The van der Waals surface area contributed by atoms with Gasteiger partial charge < -0.3 is 14.4 Å². The molecule has 6 heteroatoms. The van der Waals surface area contributed by atoms with Crippen molar-refractivity contribution in [2.75, 3.05) is 19.2 Å². The molecule has 1 aliphatic heterocycles. The van der Waals surface area contributed by atoms with E-state index in [1.165, 1.54) is 0 Å². The molecule has 1 amide bonds. The minimum absolute atomic E-state index is 0.102. The second-order valence-electron chi connectivity index (χ2n) is 6.09. The number of esters is 1. The molecule has 0 aliphatic carbocycles. The van der Waals surface area contributed by atoms with E-state index < -0.39 is 5.60 Å². The van der Waals surface area contributed by atoms with Gasteiger partial charge in [-0.05, 0) is 46.0 Å². The Hall–Kier alpha value is -0.970. The number of nitrogens with zero attached hydrogens (tertiary/aromatic N) is 1. The molecule has 0 aromatic rings. The van der Waals surface area contributed by atoms with Gasteiger partial charge in [0.05, 0.1) is 0 Å². The molecule has 0 radical (unpaired) electrons. The zero-order valence-electron chi connectivity index (χ0n) is 12.5. The SMILES string of the molecule is CC(C)(C)OC(=O)N1CCCC(CC(=O)OCCl)CC1. The summed E-state index contributed by atoms with van der Waals surface area (Å²) >= 11 is 5.36. The van der Waals surface area contributed by atoms with Crippen molar-refractivity contribution in [2.24, 2.45) is 5.92 Å². The normalized spacial score (nSPS) is 20.2. The van der Waals surface area contributed by atoms with Gasteiger partial charge in [0.1, 0.15) is 5.60 Å². The van der Waals surface area contributed by atoms with Gasteiger partial charge in [0.15, 0.2) is 6.07 Å². The molecule has 1 aliphatic rings. The molecule has 0 aromatic heterocycles. The van der Waals surface area contributed by atoms with Crippen LogP contribution in [0.5, 0.6) is 0 Å². The molecule has 1 saturated heterocycles. The van der Waals surface area contributed by atoms with E-state index in [0.29, 0.717) is 19.5 Å². The lowest BCUT2D eigenvalue weighted by Crippen LogP contribution is -2.37. The van der Waals surface area contributed by atoms with Gasteiger partial charge >= 0.3 is 12.1 Å². The summed E-state index contributed by atoms with van der Waals surface area (Å²) < 4.78 is 10.1. The number of carbonyl (C=O) groups is 2. The molecule has 1 rings (SSSR count). The first-order valence-corrected chi connectivity index (χ1v) is 7.55. The Labute approximate surface area is 125 Å². The maximum Gasteiger partial charge on any atom is 0.410 e. The molecule has 0 aromatic carbocycles. The Morgan fingerprint density at radius 1 is 1.25 bits per heavy atom. The second-order valence-corrected chi connectivity index (χ2v) is 6.31. The summed E-state index contributed by atoms with van der Waals surface area (Å²) in [6.45, 7) is 6.86. The number of ether oxygens (including phenoxy) is 2. The molecule has 116 valence electrons. The molecular weight excluding hydrogens is 282 g/mol. The Kier molecular flexibility index (Phi) is 6.59. The van der Waals surface area contributed by atoms with E-state index in [0.717, 1.165) is 19.3 Å². The zero-order valence-corrected chi connectivity index (χ0v) is 13.2. The average Bonchev–Trinajstić information content (AvgIpc) is 2.52. The smallest absolute Gasteiger partial charge is 0.410 e. The first-order chi connectivity index (χ1) is 9.31. The van der Waals surface area contributed by atoms with Crippen LogP contribution in [0.3, 0.4) is 0 Å². The van der Waals surface area contributed by atoms with Crippen LogP contribution in [0.25, 0.3) is 0 Å². The fourth-order valence-corrected chi connectivity index (χ4v) is 2.36. The highest BCUT2D eigenvalue weighted by Gasteiger charge is 2.26. The maximum atomic E-state index is 12.0. The molecule has 1 unspecified atom stereocenters. The lowest BCUT2D eigenvalue weighted by molar-refractivity contribution is -0.142. The van der Waals surface area contributed by atoms with Crippen molar-refractivity contribution in [1.29, 1.82) is 0 Å². The van der Waals surface area contributed by atoms with Crippen molar-refractivity contribution in [3.63, 3.8) is 0 Å². The standard InChI is InChI=1S/C14H24ClNO4/c1-14(2,3)20-13(18)16-7-4-5-11(6-8-16)9-12(17)19-10-15/h11H,4-10H2,1-3H3. The van der Waals surface area contributed by atoms with Crippen molar-refractivity contribution in [2.45, 2.75) is 52.1 Å². The average molecular weight is 306 g/mol. The van der Waals surface area contributed by atoms with Crippen molar-refractivity contribution < 1.29 is 19.1 Å². The molecule has 0 N–H and O–H groups in total. The van der Waals surface area contributed by atoms with Crippen LogP contribution < -0.4 is 0 Å². The molecule has 0 bridgehead atoms. The van der Waals surface area contributed by atoms with Crippen LogP contribution in [0.4, 0.5) is 4.79 Å². The molecule has 1 atom stereocenters. The van der Waals surface area contributed by atoms with Crippen LogP contribution in [0, 0.1) is 5.92 Å². The Morgan fingerprint density at radius 2 is 1.95 bits per heavy atom. The molecule has 1 heterocycles. The van der Waals surface area contributed by atoms with Crippen LogP contribution in [0.2, 0.25) is 0 Å². The zero-order chi connectivity index (χ0) is 15.2. The highest BCUT2D eigenvalue weighted by atomic mass is 35.5. The summed E-state index contributed by atoms with van der Waals surface area (Å²) in [5, 5.41) is 0. The van der Waals surface area contributed by atoms with Gasteiger partial charge in [-0.2, -0.15) is 0 Å². The molecule has 0 spiro atoms. The number of alkyl halides is 1. The third kappa shape index (κ3) is 6.46. The molecule has 0 saturated carbocycles. The van der Waals surface area contributed by atoms with Gasteiger partial charge in [-0.25, -0.2) is 4.79 Å². The molecule has 20 heavy (non-hydrogen) atoms. The van der Waals surface area contributed by atoms with E-state index in [1.54, 1.807) is 4.90 Å². The van der Waals surface area contributed by atoms with Crippen molar-refractivity contribution in [3.8, 4) is 0 Å². The molecular formula is C14H24ClNO4. The number of rotatable bonds is 3. The fourth-order valence-electron chi connectivity index (χ4n) is 2.23. The third-order valence-corrected chi connectivity index (χ3v) is 3.28. The number of hydrogen-bond donors (Lipinski definition) is 0. The van der Waals surface area contributed by atoms with E-state index in [2.05, 4.69) is 0 Å². The fraction of sp³-hybridized carbons (Fsp3) is 0.857. The second kappa shape index (κ2) is 7.72. The summed E-state index contributed by atoms with van der Waals surface area (Å²) in [6, 6.07) is -0.102. The summed E-state index contributed by atoms with van der Waals surface area (Å²) in [4.78, 5) is 25.1. The third-order valence-electron chi connectivity index (χ3n) is 3.17. The predicted octanol–water partition coefficient (Wildman–Crippen LogP) is 3.15. The quantitative estimate of drug-likeness (QED) is 0.593. The highest BCUT2D eigenvalue weighted by molar-refractivity contribution is 6.17. The summed E-state index contributed by atoms with van der Waals surface area (Å²) in [5.74, 6) is -0.0196. The van der Waals surface area contributed by atoms with Crippen LogP contribution in [-0.2, 0) is 14.3 Å². The van der Waals surface area contributed by atoms with Gasteiger partial charge in [0.25, 0.3) is 0 Å². The van der Waals surface area contributed by atoms with Gasteiger partial charge in [0.2, 0.25) is 0 Å². The highest BCUT2D eigenvalue weighted by Crippen LogP contribution is 2.22. The van der Waals surface area contributed by atoms with Crippen LogP contribution >= 0.6 is 11.6 Å². The monoisotopic (exact) mass is 305 g/mol. The van der Waals surface area contributed by atoms with E-state index in [9.17, 15) is 9.59 Å². The number of likely N-dealkylation sites (tertiary alicyclic amines) is 1. The molecule has 5 nitrogen and oxygen atoms in total. The number of hydrogen-bond acceptors (Lipinski definition) is 4. The number of amides is 1. The van der Waals surface area contributed by atoms with Gasteiger partial charge in [-0.15, -0.1) is 0 Å². The van der Waals surface area contributed by atoms with Crippen LogP contribution in [-0.4, -0.2) is 41.7 Å². The van der Waals surface area contributed by atoms with E-state index in [4.69, 9.17) is 21.1 Å². The van der Waals surface area contributed by atoms with E-state index in [-0.39, 0.29) is 24.0 Å². The van der Waals surface area contributed by atoms with Gasteiger partial charge in [0, 0.05) is 19.5 Å². The topological polar surface area (TPSA) is 55.8 Å². The molecule has 1 fully saturated rings. The lowest BCUT2D eigenvalue weighted by atomic mass is 9.97. The summed E-state index contributed by atoms with van der Waals surface area (Å²) in [6.07, 6.45) is 2.67. The maximum absolute atomic E-state index is 12.0. The van der Waals surface area contributed by atoms with E-state index in [1.807, 2.05) is 20.8 Å². The lowest BCUT2D eigenvalue weighted by Gasteiger charge is -2.26. The van der Waals surface area contributed by atoms with Crippen LogP contribution in [0.15, 0.2) is 0 Å². The summed E-state index contributed by atoms with van der Waals surface area (Å²) in [5.41, 5.74) is -0.479. The van der Waals surface area contributed by atoms with Crippen molar-refractivity contribution in [3.05, 3.63) is 0 Å². The van der Waals surface area contributed by atoms with Gasteiger partial charge in [-0.1, -0.05) is 11.6 Å².